The smallest absolute Gasteiger partial charge is 0.354 e. The van der Waals surface area contributed by atoms with Gasteiger partial charge in [0, 0.05) is 25.2 Å². The van der Waals surface area contributed by atoms with Crippen LogP contribution in [-0.4, -0.2) is 45.6 Å². The van der Waals surface area contributed by atoms with Crippen LogP contribution in [-0.2, 0) is 22.5 Å². The van der Waals surface area contributed by atoms with E-state index in [1.54, 1.807) is 6.07 Å². The second-order valence-electron chi connectivity index (χ2n) is 6.15. The SMILES string of the molecule is CC(C)(C)OC(=O)CN1CCc2nc(C(=O)O)ccc2C1. The second kappa shape index (κ2) is 5.81. The predicted octanol–water partition coefficient (Wildman–Crippen LogP) is 1.48. The summed E-state index contributed by atoms with van der Waals surface area (Å²) in [6.07, 6.45) is 0.638. The minimum absolute atomic E-state index is 0.0642. The third kappa shape index (κ3) is 4.26. The molecule has 0 aliphatic carbocycles. The largest absolute Gasteiger partial charge is 0.477 e. The third-order valence-electron chi connectivity index (χ3n) is 3.12. The van der Waals surface area contributed by atoms with Crippen molar-refractivity contribution in [3.8, 4) is 0 Å². The van der Waals surface area contributed by atoms with Crippen molar-refractivity contribution in [1.82, 2.24) is 9.88 Å². The van der Waals surface area contributed by atoms with Crippen LogP contribution in [0, 0.1) is 0 Å². The van der Waals surface area contributed by atoms with E-state index in [4.69, 9.17) is 9.84 Å². The Bertz CT molecular complexity index is 563. The molecule has 21 heavy (non-hydrogen) atoms. The van der Waals surface area contributed by atoms with Gasteiger partial charge in [-0.05, 0) is 32.4 Å². The van der Waals surface area contributed by atoms with E-state index in [2.05, 4.69) is 4.98 Å². The van der Waals surface area contributed by atoms with Crippen molar-refractivity contribution in [2.24, 2.45) is 0 Å². The molecule has 0 saturated heterocycles. The predicted molar refractivity (Wildman–Crippen MR) is 76.0 cm³/mol. The average Bonchev–Trinajstić information content (AvgIpc) is 2.35. The molecule has 0 radical (unpaired) electrons. The zero-order valence-electron chi connectivity index (χ0n) is 12.5. The number of carbonyl (C=O) groups excluding carboxylic acids is 1. The van der Waals surface area contributed by atoms with E-state index in [9.17, 15) is 9.59 Å². The van der Waals surface area contributed by atoms with Crippen LogP contribution in [0.3, 0.4) is 0 Å². The van der Waals surface area contributed by atoms with E-state index < -0.39 is 11.6 Å². The summed E-state index contributed by atoms with van der Waals surface area (Å²) in [5.74, 6) is -1.27. The Balaban J connectivity index is 2.00. The normalized spacial score (nSPS) is 15.4. The molecule has 1 aliphatic heterocycles. The maximum absolute atomic E-state index is 11.8. The summed E-state index contributed by atoms with van der Waals surface area (Å²) < 4.78 is 5.31. The molecule has 0 unspecified atom stereocenters. The fourth-order valence-corrected chi connectivity index (χ4v) is 2.29. The van der Waals surface area contributed by atoms with Crippen molar-refractivity contribution in [1.29, 1.82) is 0 Å². The molecule has 1 N–H and O–H groups in total. The van der Waals surface area contributed by atoms with E-state index >= 15 is 0 Å². The van der Waals surface area contributed by atoms with Gasteiger partial charge in [-0.3, -0.25) is 9.69 Å². The zero-order valence-corrected chi connectivity index (χ0v) is 12.5. The number of ether oxygens (including phenoxy) is 1. The molecule has 0 fully saturated rings. The molecule has 0 aromatic carbocycles. The molecule has 114 valence electrons. The monoisotopic (exact) mass is 292 g/mol. The van der Waals surface area contributed by atoms with Gasteiger partial charge in [0.05, 0.1) is 6.54 Å². The molecule has 6 heteroatoms. The minimum Gasteiger partial charge on any atom is -0.477 e. The van der Waals surface area contributed by atoms with Crippen molar-refractivity contribution in [2.45, 2.75) is 39.3 Å². The quantitative estimate of drug-likeness (QED) is 0.850. The Labute approximate surface area is 123 Å². The first kappa shape index (κ1) is 15.4. The first-order valence-corrected chi connectivity index (χ1v) is 6.91. The topological polar surface area (TPSA) is 79.7 Å². The third-order valence-corrected chi connectivity index (χ3v) is 3.12. The average molecular weight is 292 g/mol. The molecule has 0 saturated carbocycles. The molecule has 0 bridgehead atoms. The highest BCUT2D eigenvalue weighted by atomic mass is 16.6. The lowest BCUT2D eigenvalue weighted by molar-refractivity contribution is -0.156. The van der Waals surface area contributed by atoms with E-state index in [1.165, 1.54) is 6.07 Å². The summed E-state index contributed by atoms with van der Waals surface area (Å²) >= 11 is 0. The number of carboxylic acid groups (broad SMARTS) is 1. The number of hydrogen-bond donors (Lipinski definition) is 1. The number of aromatic carboxylic acids is 1. The highest BCUT2D eigenvalue weighted by Crippen LogP contribution is 2.18. The number of carboxylic acids is 1. The van der Waals surface area contributed by atoms with Crippen LogP contribution in [0.15, 0.2) is 12.1 Å². The lowest BCUT2D eigenvalue weighted by Gasteiger charge is -2.28. The van der Waals surface area contributed by atoms with E-state index in [0.29, 0.717) is 19.5 Å². The summed E-state index contributed by atoms with van der Waals surface area (Å²) in [4.78, 5) is 28.8. The van der Waals surface area contributed by atoms with Gasteiger partial charge < -0.3 is 9.84 Å². The number of pyridine rings is 1. The number of aromatic nitrogens is 1. The highest BCUT2D eigenvalue weighted by Gasteiger charge is 2.23. The number of nitrogens with zero attached hydrogens (tertiary/aromatic N) is 2. The Morgan fingerprint density at radius 3 is 2.71 bits per heavy atom. The maximum atomic E-state index is 11.8. The van der Waals surface area contributed by atoms with Crippen molar-refractivity contribution in [3.63, 3.8) is 0 Å². The molecule has 1 aromatic heterocycles. The van der Waals surface area contributed by atoms with Gasteiger partial charge >= 0.3 is 11.9 Å². The molecular weight excluding hydrogens is 272 g/mol. The summed E-state index contributed by atoms with van der Waals surface area (Å²) in [5, 5.41) is 8.93. The van der Waals surface area contributed by atoms with E-state index in [0.717, 1.165) is 11.3 Å². The van der Waals surface area contributed by atoms with Gasteiger partial charge in [-0.2, -0.15) is 0 Å². The lowest BCUT2D eigenvalue weighted by Crippen LogP contribution is -2.38. The van der Waals surface area contributed by atoms with Gasteiger partial charge in [-0.15, -0.1) is 0 Å². The molecule has 2 heterocycles. The first-order valence-electron chi connectivity index (χ1n) is 6.91. The Morgan fingerprint density at radius 2 is 2.10 bits per heavy atom. The number of rotatable bonds is 3. The fraction of sp³-hybridized carbons (Fsp3) is 0.533. The van der Waals surface area contributed by atoms with Crippen LogP contribution >= 0.6 is 0 Å². The molecule has 0 atom stereocenters. The number of carbonyl (C=O) groups is 2. The van der Waals surface area contributed by atoms with Crippen molar-refractivity contribution in [3.05, 3.63) is 29.1 Å². The highest BCUT2D eigenvalue weighted by molar-refractivity contribution is 5.85. The van der Waals surface area contributed by atoms with Gasteiger partial charge in [-0.25, -0.2) is 9.78 Å². The Morgan fingerprint density at radius 1 is 1.38 bits per heavy atom. The standard InChI is InChI=1S/C15H20N2O4/c1-15(2,3)21-13(18)9-17-7-6-11-10(8-17)4-5-12(16-11)14(19)20/h4-5H,6-9H2,1-3H3,(H,19,20). The number of hydrogen-bond acceptors (Lipinski definition) is 5. The van der Waals surface area contributed by atoms with Crippen LogP contribution in [0.4, 0.5) is 0 Å². The molecule has 0 amide bonds. The Hall–Kier alpha value is -1.95. The fourth-order valence-electron chi connectivity index (χ4n) is 2.29. The summed E-state index contributed by atoms with van der Waals surface area (Å²) in [5.41, 5.74) is 1.35. The van der Waals surface area contributed by atoms with Gasteiger partial charge in [0.25, 0.3) is 0 Å². The number of esters is 1. The van der Waals surface area contributed by atoms with Crippen LogP contribution in [0.25, 0.3) is 0 Å². The number of fused-ring (bicyclic) bond motifs is 1. The van der Waals surface area contributed by atoms with Crippen LogP contribution in [0.1, 0.15) is 42.5 Å². The maximum Gasteiger partial charge on any atom is 0.354 e. The van der Waals surface area contributed by atoms with Gasteiger partial charge in [0.2, 0.25) is 0 Å². The zero-order chi connectivity index (χ0) is 15.6. The minimum atomic E-state index is -1.02. The summed E-state index contributed by atoms with van der Waals surface area (Å²) in [7, 11) is 0. The van der Waals surface area contributed by atoms with Gasteiger partial charge in [0.1, 0.15) is 11.3 Å². The molecular formula is C15H20N2O4. The van der Waals surface area contributed by atoms with Crippen LogP contribution < -0.4 is 0 Å². The van der Waals surface area contributed by atoms with Crippen molar-refractivity contribution < 1.29 is 19.4 Å². The van der Waals surface area contributed by atoms with Crippen LogP contribution in [0.2, 0.25) is 0 Å². The first-order chi connectivity index (χ1) is 9.74. The molecule has 0 spiro atoms. The van der Waals surface area contributed by atoms with Crippen molar-refractivity contribution >= 4 is 11.9 Å². The second-order valence-corrected chi connectivity index (χ2v) is 6.15. The van der Waals surface area contributed by atoms with Gasteiger partial charge in [-0.1, -0.05) is 6.07 Å². The molecule has 1 aromatic rings. The van der Waals surface area contributed by atoms with Crippen LogP contribution in [0.5, 0.6) is 0 Å². The summed E-state index contributed by atoms with van der Waals surface area (Å²) in [6.45, 7) is 7.01. The van der Waals surface area contributed by atoms with E-state index in [-0.39, 0.29) is 18.2 Å². The van der Waals surface area contributed by atoms with E-state index in [1.807, 2.05) is 25.7 Å². The summed E-state index contributed by atoms with van der Waals surface area (Å²) in [6, 6.07) is 3.27. The molecule has 2 rings (SSSR count). The van der Waals surface area contributed by atoms with Crippen molar-refractivity contribution in [2.75, 3.05) is 13.1 Å². The molecule has 1 aliphatic rings. The Kier molecular flexibility index (Phi) is 4.27. The lowest BCUT2D eigenvalue weighted by atomic mass is 10.0. The van der Waals surface area contributed by atoms with Gasteiger partial charge in [0.15, 0.2) is 0 Å². The molecule has 6 nitrogen and oxygen atoms in total.